The molecule has 1 atom stereocenters. The molecule has 0 radical (unpaired) electrons. The van der Waals surface area contributed by atoms with Crippen LogP contribution in [0.3, 0.4) is 0 Å². The molecule has 1 aliphatic heterocycles. The Morgan fingerprint density at radius 1 is 1.41 bits per heavy atom. The van der Waals surface area contributed by atoms with Crippen molar-refractivity contribution in [3.05, 3.63) is 29.5 Å². The number of amides is 1. The summed E-state index contributed by atoms with van der Waals surface area (Å²) in [6.07, 6.45) is 4.88. The Balaban J connectivity index is 1.51. The van der Waals surface area contributed by atoms with Gasteiger partial charge in [0.05, 0.1) is 12.9 Å². The Labute approximate surface area is 132 Å². The molecule has 6 heteroatoms. The zero-order valence-corrected chi connectivity index (χ0v) is 13.1. The Morgan fingerprint density at radius 3 is 3.00 bits per heavy atom. The van der Waals surface area contributed by atoms with Gasteiger partial charge in [-0.15, -0.1) is 11.3 Å². The molecular weight excluding hydrogens is 300 g/mol. The van der Waals surface area contributed by atoms with Gasteiger partial charge in [-0.3, -0.25) is 4.79 Å². The zero-order chi connectivity index (χ0) is 14.9. The van der Waals surface area contributed by atoms with Gasteiger partial charge in [0.25, 0.3) is 5.91 Å². The molecule has 1 saturated carbocycles. The highest BCUT2D eigenvalue weighted by Gasteiger charge is 2.36. The monoisotopic (exact) mass is 318 g/mol. The van der Waals surface area contributed by atoms with Gasteiger partial charge in [-0.1, -0.05) is 0 Å². The summed E-state index contributed by atoms with van der Waals surface area (Å²) in [4.78, 5) is 19.3. The molecule has 2 aromatic heterocycles. The number of rotatable bonds is 5. The third kappa shape index (κ3) is 2.80. The molecule has 1 amide bonds. The van der Waals surface area contributed by atoms with Crippen molar-refractivity contribution in [2.75, 3.05) is 19.8 Å². The van der Waals surface area contributed by atoms with Crippen LogP contribution in [0.1, 0.15) is 29.8 Å². The van der Waals surface area contributed by atoms with Crippen molar-refractivity contribution >= 4 is 17.2 Å². The van der Waals surface area contributed by atoms with E-state index in [-0.39, 0.29) is 5.91 Å². The van der Waals surface area contributed by atoms with E-state index in [0.29, 0.717) is 23.4 Å². The second-order valence-corrected chi connectivity index (χ2v) is 6.79. The zero-order valence-electron chi connectivity index (χ0n) is 12.2. The summed E-state index contributed by atoms with van der Waals surface area (Å²) in [6, 6.07) is 4.08. The van der Waals surface area contributed by atoms with E-state index in [4.69, 9.17) is 9.15 Å². The van der Waals surface area contributed by atoms with Crippen LogP contribution in [-0.2, 0) is 4.74 Å². The first kappa shape index (κ1) is 14.0. The summed E-state index contributed by atoms with van der Waals surface area (Å²) < 4.78 is 10.8. The Bertz CT molecular complexity index is 642. The Kier molecular flexibility index (Phi) is 3.72. The number of carbonyl (C=O) groups is 1. The third-order valence-electron chi connectivity index (χ3n) is 4.18. The van der Waals surface area contributed by atoms with Crippen molar-refractivity contribution in [3.63, 3.8) is 0 Å². The first-order valence-corrected chi connectivity index (χ1v) is 8.57. The molecule has 116 valence electrons. The average Bonchev–Trinajstić information content (AvgIpc) is 3.01. The van der Waals surface area contributed by atoms with Crippen molar-refractivity contribution in [2.24, 2.45) is 5.92 Å². The molecule has 4 rings (SSSR count). The molecule has 1 aliphatic carbocycles. The molecule has 2 fully saturated rings. The first-order chi connectivity index (χ1) is 10.8. The van der Waals surface area contributed by atoms with Gasteiger partial charge in [-0.05, 0) is 31.4 Å². The SMILES string of the molecule is O=C(c1csc(-c2ccco2)n1)N(C[C@H]1CCOC1)C1CC1. The second kappa shape index (κ2) is 5.85. The predicted molar refractivity (Wildman–Crippen MR) is 82.8 cm³/mol. The number of carbonyl (C=O) groups excluding carboxylic acids is 1. The van der Waals surface area contributed by atoms with Crippen LogP contribution in [0, 0.1) is 5.92 Å². The number of aromatic nitrogens is 1. The number of hydrogen-bond acceptors (Lipinski definition) is 5. The molecule has 0 bridgehead atoms. The Morgan fingerprint density at radius 2 is 2.32 bits per heavy atom. The number of nitrogens with zero attached hydrogens (tertiary/aromatic N) is 2. The molecule has 1 saturated heterocycles. The van der Waals surface area contributed by atoms with E-state index < -0.39 is 0 Å². The molecule has 2 aliphatic rings. The third-order valence-corrected chi connectivity index (χ3v) is 5.04. The highest BCUT2D eigenvalue weighted by Crippen LogP contribution is 2.31. The quantitative estimate of drug-likeness (QED) is 0.850. The van der Waals surface area contributed by atoms with Crippen molar-refractivity contribution in [1.82, 2.24) is 9.88 Å². The lowest BCUT2D eigenvalue weighted by molar-refractivity contribution is 0.0701. The summed E-state index contributed by atoms with van der Waals surface area (Å²) in [5.74, 6) is 1.22. The van der Waals surface area contributed by atoms with Crippen LogP contribution >= 0.6 is 11.3 Å². The molecule has 2 aromatic rings. The highest BCUT2D eigenvalue weighted by molar-refractivity contribution is 7.13. The molecular formula is C16H18N2O3S. The summed E-state index contributed by atoms with van der Waals surface area (Å²) in [5, 5.41) is 2.59. The van der Waals surface area contributed by atoms with E-state index in [2.05, 4.69) is 4.98 Å². The van der Waals surface area contributed by atoms with Gasteiger partial charge >= 0.3 is 0 Å². The van der Waals surface area contributed by atoms with Gasteiger partial charge in [0, 0.05) is 30.5 Å². The van der Waals surface area contributed by atoms with Gasteiger partial charge in [0.1, 0.15) is 5.69 Å². The van der Waals surface area contributed by atoms with Crippen molar-refractivity contribution in [1.29, 1.82) is 0 Å². The van der Waals surface area contributed by atoms with E-state index in [9.17, 15) is 4.79 Å². The normalized spacial score (nSPS) is 21.2. The van der Waals surface area contributed by atoms with Crippen LogP contribution in [-0.4, -0.2) is 41.6 Å². The fourth-order valence-corrected chi connectivity index (χ4v) is 3.58. The van der Waals surface area contributed by atoms with Crippen LogP contribution in [0.15, 0.2) is 28.2 Å². The highest BCUT2D eigenvalue weighted by atomic mass is 32.1. The molecule has 5 nitrogen and oxygen atoms in total. The Hall–Kier alpha value is -1.66. The van der Waals surface area contributed by atoms with Crippen LogP contribution in [0.25, 0.3) is 10.8 Å². The molecule has 0 unspecified atom stereocenters. The maximum atomic E-state index is 12.8. The summed E-state index contributed by atoms with van der Waals surface area (Å²) >= 11 is 1.45. The summed E-state index contributed by atoms with van der Waals surface area (Å²) in [6.45, 7) is 2.37. The number of hydrogen-bond donors (Lipinski definition) is 0. The number of ether oxygens (including phenoxy) is 1. The van der Waals surface area contributed by atoms with Crippen LogP contribution in [0.5, 0.6) is 0 Å². The lowest BCUT2D eigenvalue weighted by atomic mass is 10.1. The fourth-order valence-electron chi connectivity index (χ4n) is 2.82. The maximum Gasteiger partial charge on any atom is 0.273 e. The standard InChI is InChI=1S/C16H18N2O3S/c19-16(13-10-22-15(17-13)14-2-1-6-21-14)18(12-3-4-12)8-11-5-7-20-9-11/h1-2,6,10-12H,3-5,7-9H2/t11-/m1/s1. The summed E-state index contributed by atoms with van der Waals surface area (Å²) in [5.41, 5.74) is 0.530. The van der Waals surface area contributed by atoms with Gasteiger partial charge in [0.15, 0.2) is 10.8 Å². The molecule has 3 heterocycles. The lowest BCUT2D eigenvalue weighted by Gasteiger charge is -2.24. The second-order valence-electron chi connectivity index (χ2n) is 5.93. The number of furan rings is 1. The minimum absolute atomic E-state index is 0.0449. The van der Waals surface area contributed by atoms with Crippen molar-refractivity contribution in [2.45, 2.75) is 25.3 Å². The molecule has 0 N–H and O–H groups in total. The van der Waals surface area contributed by atoms with E-state index in [1.54, 1.807) is 6.26 Å². The lowest BCUT2D eigenvalue weighted by Crippen LogP contribution is -2.37. The van der Waals surface area contributed by atoms with E-state index in [1.165, 1.54) is 11.3 Å². The largest absolute Gasteiger partial charge is 0.462 e. The number of thiazole rings is 1. The van der Waals surface area contributed by atoms with Gasteiger partial charge in [0.2, 0.25) is 0 Å². The molecule has 22 heavy (non-hydrogen) atoms. The fraction of sp³-hybridized carbons (Fsp3) is 0.500. The van der Waals surface area contributed by atoms with E-state index in [0.717, 1.165) is 44.0 Å². The van der Waals surface area contributed by atoms with Crippen molar-refractivity contribution in [3.8, 4) is 10.8 Å². The van der Waals surface area contributed by atoms with Gasteiger partial charge in [-0.2, -0.15) is 0 Å². The van der Waals surface area contributed by atoms with Crippen molar-refractivity contribution < 1.29 is 13.9 Å². The predicted octanol–water partition coefficient (Wildman–Crippen LogP) is 3.04. The van der Waals surface area contributed by atoms with E-state index >= 15 is 0 Å². The molecule has 0 spiro atoms. The molecule has 0 aromatic carbocycles. The van der Waals surface area contributed by atoms with Crippen LogP contribution in [0.4, 0.5) is 0 Å². The maximum absolute atomic E-state index is 12.8. The van der Waals surface area contributed by atoms with Crippen LogP contribution in [0.2, 0.25) is 0 Å². The minimum atomic E-state index is 0.0449. The van der Waals surface area contributed by atoms with Gasteiger partial charge < -0.3 is 14.1 Å². The minimum Gasteiger partial charge on any atom is -0.462 e. The average molecular weight is 318 g/mol. The van der Waals surface area contributed by atoms with E-state index in [1.807, 2.05) is 22.4 Å². The topological polar surface area (TPSA) is 55.6 Å². The van der Waals surface area contributed by atoms with Crippen LogP contribution < -0.4 is 0 Å². The summed E-state index contributed by atoms with van der Waals surface area (Å²) in [7, 11) is 0. The smallest absolute Gasteiger partial charge is 0.273 e. The first-order valence-electron chi connectivity index (χ1n) is 7.69. The van der Waals surface area contributed by atoms with Gasteiger partial charge in [-0.25, -0.2) is 4.98 Å².